The Morgan fingerprint density at radius 2 is 2.31 bits per heavy atom. The number of ether oxygens (including phenoxy) is 1. The number of nitriles is 1. The van der Waals surface area contributed by atoms with Gasteiger partial charge in [-0.15, -0.1) is 0 Å². The molecule has 0 aromatic heterocycles. The molecule has 0 radical (unpaired) electrons. The molecule has 1 unspecified atom stereocenters. The van der Waals surface area contributed by atoms with E-state index >= 15 is 0 Å². The van der Waals surface area contributed by atoms with Crippen LogP contribution in [0.4, 0.5) is 0 Å². The summed E-state index contributed by atoms with van der Waals surface area (Å²) in [5.74, 6) is 0.681. The van der Waals surface area contributed by atoms with Gasteiger partial charge in [-0.25, -0.2) is 0 Å². The number of methoxy groups -OCH3 is 1. The maximum atomic E-state index is 9.24. The second kappa shape index (κ2) is 4.26. The molecule has 3 nitrogen and oxygen atoms in total. The van der Waals surface area contributed by atoms with E-state index < -0.39 is 6.10 Å². The third kappa shape index (κ3) is 2.20. The summed E-state index contributed by atoms with van der Waals surface area (Å²) in [6, 6.07) is 6.79. The van der Waals surface area contributed by atoms with E-state index in [0.717, 1.165) is 0 Å². The Bertz CT molecular complexity index is 346. The van der Waals surface area contributed by atoms with Gasteiger partial charge in [0.05, 0.1) is 13.2 Å². The molecule has 0 saturated carbocycles. The van der Waals surface area contributed by atoms with Gasteiger partial charge in [-0.1, -0.05) is 22.0 Å². The smallest absolute Gasteiger partial charge is 0.166 e. The third-order valence-electron chi connectivity index (χ3n) is 1.62. The highest BCUT2D eigenvalue weighted by atomic mass is 79.9. The normalized spacial score (nSPS) is 11.8. The lowest BCUT2D eigenvalue weighted by Gasteiger charge is -2.06. The summed E-state index contributed by atoms with van der Waals surface area (Å²) in [5.41, 5.74) is 0.545. The van der Waals surface area contributed by atoms with Crippen LogP contribution in [0.3, 0.4) is 0 Å². The second-order valence-electron chi connectivity index (χ2n) is 2.42. The van der Waals surface area contributed by atoms with Crippen molar-refractivity contribution in [2.45, 2.75) is 6.10 Å². The van der Waals surface area contributed by atoms with Gasteiger partial charge in [0.2, 0.25) is 0 Å². The van der Waals surface area contributed by atoms with Crippen LogP contribution in [0.5, 0.6) is 5.75 Å². The summed E-state index contributed by atoms with van der Waals surface area (Å²) in [6.45, 7) is 0. The predicted octanol–water partition coefficient (Wildman–Crippen LogP) is 2.01. The van der Waals surface area contributed by atoms with Crippen LogP contribution in [0.2, 0.25) is 0 Å². The van der Waals surface area contributed by atoms with Crippen LogP contribution >= 0.6 is 15.9 Å². The van der Waals surface area contributed by atoms with Crippen LogP contribution in [0, 0.1) is 11.3 Å². The molecule has 1 aromatic rings. The standard InChI is InChI=1S/C9H8BrNO2/c1-13-6-2-3-7(8(10)4-6)9(12)5-11/h2-4,9,12H,1H3. The second-order valence-corrected chi connectivity index (χ2v) is 3.27. The van der Waals surface area contributed by atoms with Crippen molar-refractivity contribution in [3.8, 4) is 11.8 Å². The molecule has 0 aliphatic rings. The van der Waals surface area contributed by atoms with Crippen molar-refractivity contribution in [1.29, 1.82) is 5.26 Å². The number of hydrogen-bond donors (Lipinski definition) is 1. The minimum absolute atomic E-state index is 0.545. The van der Waals surface area contributed by atoms with E-state index in [-0.39, 0.29) is 0 Å². The molecular weight excluding hydrogens is 234 g/mol. The first-order chi connectivity index (χ1) is 6.19. The van der Waals surface area contributed by atoms with Crippen LogP contribution < -0.4 is 4.74 Å². The minimum atomic E-state index is -1.10. The number of benzene rings is 1. The fourth-order valence-electron chi connectivity index (χ4n) is 0.926. The molecular formula is C9H8BrNO2. The monoisotopic (exact) mass is 241 g/mol. The lowest BCUT2D eigenvalue weighted by atomic mass is 10.1. The molecule has 0 fully saturated rings. The molecule has 0 spiro atoms. The van der Waals surface area contributed by atoms with Gasteiger partial charge in [-0.3, -0.25) is 0 Å². The molecule has 68 valence electrons. The zero-order valence-corrected chi connectivity index (χ0v) is 8.58. The molecule has 0 heterocycles. The van der Waals surface area contributed by atoms with Crippen molar-refractivity contribution in [3.63, 3.8) is 0 Å². The molecule has 0 aliphatic carbocycles. The summed E-state index contributed by atoms with van der Waals surface area (Å²) in [6.07, 6.45) is -1.10. The van der Waals surface area contributed by atoms with E-state index in [4.69, 9.17) is 10.00 Å². The summed E-state index contributed by atoms with van der Waals surface area (Å²) in [5, 5.41) is 17.7. The van der Waals surface area contributed by atoms with Crippen LogP contribution in [0.15, 0.2) is 22.7 Å². The lowest BCUT2D eigenvalue weighted by Crippen LogP contribution is -1.95. The quantitative estimate of drug-likeness (QED) is 0.807. The van der Waals surface area contributed by atoms with Crippen LogP contribution in [0.1, 0.15) is 11.7 Å². The minimum Gasteiger partial charge on any atom is -0.497 e. The highest BCUT2D eigenvalue weighted by molar-refractivity contribution is 9.10. The van der Waals surface area contributed by atoms with E-state index in [1.807, 2.05) is 0 Å². The highest BCUT2D eigenvalue weighted by Gasteiger charge is 2.10. The maximum Gasteiger partial charge on any atom is 0.166 e. The van der Waals surface area contributed by atoms with Crippen LogP contribution in [0.25, 0.3) is 0 Å². The van der Waals surface area contributed by atoms with Gasteiger partial charge in [0.1, 0.15) is 5.75 Å². The fraction of sp³-hybridized carbons (Fsp3) is 0.222. The van der Waals surface area contributed by atoms with Crippen molar-refractivity contribution in [2.75, 3.05) is 7.11 Å². The van der Waals surface area contributed by atoms with Gasteiger partial charge in [0, 0.05) is 10.0 Å². The van der Waals surface area contributed by atoms with E-state index in [2.05, 4.69) is 15.9 Å². The predicted molar refractivity (Wildman–Crippen MR) is 51.3 cm³/mol. The molecule has 0 bridgehead atoms. The molecule has 0 aliphatic heterocycles. The fourth-order valence-corrected chi connectivity index (χ4v) is 1.50. The van der Waals surface area contributed by atoms with Crippen LogP contribution in [-0.4, -0.2) is 12.2 Å². The average molecular weight is 242 g/mol. The topological polar surface area (TPSA) is 53.2 Å². The van der Waals surface area contributed by atoms with Crippen molar-refractivity contribution in [2.24, 2.45) is 0 Å². The van der Waals surface area contributed by atoms with Gasteiger partial charge in [0.25, 0.3) is 0 Å². The Labute approximate surface area is 84.7 Å². The molecule has 1 aromatic carbocycles. The first kappa shape index (κ1) is 10.0. The number of halogens is 1. The van der Waals surface area contributed by atoms with Crippen molar-refractivity contribution in [3.05, 3.63) is 28.2 Å². The molecule has 0 amide bonds. The molecule has 1 atom stereocenters. The Hall–Kier alpha value is -1.05. The Balaban J connectivity index is 3.06. The first-order valence-corrected chi connectivity index (χ1v) is 4.39. The number of aliphatic hydroxyl groups is 1. The van der Waals surface area contributed by atoms with Crippen molar-refractivity contribution >= 4 is 15.9 Å². The molecule has 13 heavy (non-hydrogen) atoms. The average Bonchev–Trinajstić information content (AvgIpc) is 2.16. The third-order valence-corrected chi connectivity index (χ3v) is 2.31. The maximum absolute atomic E-state index is 9.24. The van der Waals surface area contributed by atoms with Crippen molar-refractivity contribution in [1.82, 2.24) is 0 Å². The lowest BCUT2D eigenvalue weighted by molar-refractivity contribution is 0.235. The molecule has 1 N–H and O–H groups in total. The van der Waals surface area contributed by atoms with Gasteiger partial charge >= 0.3 is 0 Å². The first-order valence-electron chi connectivity index (χ1n) is 3.60. The molecule has 4 heteroatoms. The summed E-state index contributed by atoms with van der Waals surface area (Å²) in [7, 11) is 1.56. The van der Waals surface area contributed by atoms with Crippen LogP contribution in [-0.2, 0) is 0 Å². The van der Waals surface area contributed by atoms with Crippen molar-refractivity contribution < 1.29 is 9.84 Å². The Kier molecular flexibility index (Phi) is 3.29. The van der Waals surface area contributed by atoms with E-state index in [9.17, 15) is 5.11 Å². The Morgan fingerprint density at radius 1 is 1.62 bits per heavy atom. The van der Waals surface area contributed by atoms with Gasteiger partial charge in [0.15, 0.2) is 6.10 Å². The summed E-state index contributed by atoms with van der Waals surface area (Å²) in [4.78, 5) is 0. The van der Waals surface area contributed by atoms with E-state index in [0.29, 0.717) is 15.8 Å². The van der Waals surface area contributed by atoms with Gasteiger partial charge < -0.3 is 9.84 Å². The van der Waals surface area contributed by atoms with Gasteiger partial charge in [-0.05, 0) is 12.1 Å². The zero-order valence-electron chi connectivity index (χ0n) is 6.99. The Morgan fingerprint density at radius 3 is 2.77 bits per heavy atom. The summed E-state index contributed by atoms with van der Waals surface area (Å²) >= 11 is 3.24. The number of nitrogens with zero attached hydrogens (tertiary/aromatic N) is 1. The number of aliphatic hydroxyl groups excluding tert-OH is 1. The molecule has 1 rings (SSSR count). The SMILES string of the molecule is COc1ccc(C(O)C#N)c(Br)c1. The number of rotatable bonds is 2. The van der Waals surface area contributed by atoms with E-state index in [1.54, 1.807) is 31.4 Å². The highest BCUT2D eigenvalue weighted by Crippen LogP contribution is 2.27. The summed E-state index contributed by atoms with van der Waals surface area (Å²) < 4.78 is 5.64. The molecule has 0 saturated heterocycles. The largest absolute Gasteiger partial charge is 0.497 e. The van der Waals surface area contributed by atoms with E-state index in [1.165, 1.54) is 0 Å². The van der Waals surface area contributed by atoms with Gasteiger partial charge in [-0.2, -0.15) is 5.26 Å². The zero-order chi connectivity index (χ0) is 9.84. The number of hydrogen-bond acceptors (Lipinski definition) is 3.